The van der Waals surface area contributed by atoms with Crippen LogP contribution in [0.5, 0.6) is 0 Å². The van der Waals surface area contributed by atoms with Crippen LogP contribution < -0.4 is 0 Å². The molecule has 0 saturated heterocycles. The molecule has 0 saturated carbocycles. The van der Waals surface area contributed by atoms with Crippen molar-refractivity contribution in [1.29, 1.82) is 0 Å². The van der Waals surface area contributed by atoms with Crippen molar-refractivity contribution in [2.75, 3.05) is 0 Å². The van der Waals surface area contributed by atoms with Crippen LogP contribution in [0.25, 0.3) is 10.9 Å². The smallest absolute Gasteiger partial charge is 0.0480 e. The summed E-state index contributed by atoms with van der Waals surface area (Å²) < 4.78 is 2.11. The average Bonchev–Trinajstić information content (AvgIpc) is 2.59. The van der Waals surface area contributed by atoms with Crippen LogP contribution in [-0.2, 0) is 7.05 Å². The van der Waals surface area contributed by atoms with Crippen molar-refractivity contribution in [1.82, 2.24) is 4.57 Å². The molecule has 0 aliphatic rings. The first kappa shape index (κ1) is 8.90. The third kappa shape index (κ3) is 1.20. The van der Waals surface area contributed by atoms with E-state index in [0.29, 0.717) is 0 Å². The van der Waals surface area contributed by atoms with Gasteiger partial charge in [-0.25, -0.2) is 0 Å². The molecule has 1 heterocycles. The van der Waals surface area contributed by atoms with E-state index in [1.54, 1.807) is 0 Å². The minimum absolute atomic E-state index is 0.182. The Morgan fingerprint density at radius 2 is 2.14 bits per heavy atom. The highest BCUT2D eigenvalue weighted by molar-refractivity contribution is 5.84. The Kier molecular flexibility index (Phi) is 2.05. The topological polar surface area (TPSA) is 4.93 Å². The summed E-state index contributed by atoms with van der Waals surface area (Å²) in [4.78, 5) is 0. The van der Waals surface area contributed by atoms with Crippen molar-refractivity contribution >= 4 is 10.9 Å². The Balaban J connectivity index is 2.73. The van der Waals surface area contributed by atoms with E-state index < -0.39 is 0 Å². The van der Waals surface area contributed by atoms with Gasteiger partial charge in [-0.15, -0.1) is 6.42 Å². The lowest BCUT2D eigenvalue weighted by Gasteiger charge is -2.06. The Labute approximate surface area is 84.4 Å². The molecule has 1 atom stereocenters. The molecule has 0 amide bonds. The molecule has 0 fully saturated rings. The fraction of sp³-hybridized carbons (Fsp3) is 0.231. The standard InChI is InChI=1S/C13H13N/c1-4-10(2)11-6-5-7-13-12(11)8-9-14(13)3/h1,5-10H,2-3H3. The SMILES string of the molecule is C#CC(C)c1cccc2c1ccn2C. The van der Waals surface area contributed by atoms with E-state index in [9.17, 15) is 0 Å². The van der Waals surface area contributed by atoms with Gasteiger partial charge in [0.25, 0.3) is 0 Å². The molecule has 70 valence electrons. The average molecular weight is 183 g/mol. The maximum absolute atomic E-state index is 5.45. The third-order valence-corrected chi connectivity index (χ3v) is 2.68. The van der Waals surface area contributed by atoms with Gasteiger partial charge in [0.05, 0.1) is 0 Å². The maximum atomic E-state index is 5.45. The molecule has 0 spiro atoms. The van der Waals surface area contributed by atoms with Crippen LogP contribution in [0, 0.1) is 12.3 Å². The van der Waals surface area contributed by atoms with Crippen molar-refractivity contribution in [3.05, 3.63) is 36.0 Å². The monoisotopic (exact) mass is 183 g/mol. The predicted molar refractivity (Wildman–Crippen MR) is 60.2 cm³/mol. The number of hydrogen-bond acceptors (Lipinski definition) is 0. The number of aryl methyl sites for hydroxylation is 1. The zero-order valence-corrected chi connectivity index (χ0v) is 8.49. The summed E-state index contributed by atoms with van der Waals surface area (Å²) in [6, 6.07) is 8.40. The lowest BCUT2D eigenvalue weighted by molar-refractivity contribution is 0.967. The second-order valence-corrected chi connectivity index (χ2v) is 3.60. The van der Waals surface area contributed by atoms with Gasteiger partial charge in [0, 0.05) is 30.1 Å². The number of nitrogens with zero attached hydrogens (tertiary/aromatic N) is 1. The third-order valence-electron chi connectivity index (χ3n) is 2.68. The summed E-state index contributed by atoms with van der Waals surface area (Å²) >= 11 is 0. The molecule has 2 aromatic rings. The summed E-state index contributed by atoms with van der Waals surface area (Å²) in [5, 5.41) is 1.26. The second kappa shape index (κ2) is 3.23. The van der Waals surface area contributed by atoms with Crippen LogP contribution >= 0.6 is 0 Å². The summed E-state index contributed by atoms with van der Waals surface area (Å²) in [6.07, 6.45) is 7.51. The lowest BCUT2D eigenvalue weighted by Crippen LogP contribution is -1.91. The summed E-state index contributed by atoms with van der Waals surface area (Å²) in [6.45, 7) is 2.06. The molecule has 1 aromatic heterocycles. The fourth-order valence-electron chi connectivity index (χ4n) is 1.79. The van der Waals surface area contributed by atoms with Crippen LogP contribution in [0.3, 0.4) is 0 Å². The van der Waals surface area contributed by atoms with Crippen LogP contribution in [0.15, 0.2) is 30.5 Å². The number of rotatable bonds is 1. The first-order valence-corrected chi connectivity index (χ1v) is 4.74. The largest absolute Gasteiger partial charge is 0.351 e. The van der Waals surface area contributed by atoms with Crippen molar-refractivity contribution in [2.45, 2.75) is 12.8 Å². The molecule has 0 radical (unpaired) electrons. The first-order chi connectivity index (χ1) is 6.74. The van der Waals surface area contributed by atoms with E-state index in [1.807, 2.05) is 7.05 Å². The van der Waals surface area contributed by atoms with Crippen molar-refractivity contribution in [3.63, 3.8) is 0 Å². The molecule has 1 aromatic carbocycles. The van der Waals surface area contributed by atoms with Crippen LogP contribution in [0.4, 0.5) is 0 Å². The molecule has 14 heavy (non-hydrogen) atoms. The molecule has 1 heteroatoms. The van der Waals surface area contributed by atoms with Gasteiger partial charge >= 0.3 is 0 Å². The molecular formula is C13H13N. The number of hydrogen-bond donors (Lipinski definition) is 0. The molecule has 1 nitrogen and oxygen atoms in total. The highest BCUT2D eigenvalue weighted by atomic mass is 14.9. The van der Waals surface area contributed by atoms with Gasteiger partial charge in [0.15, 0.2) is 0 Å². The minimum Gasteiger partial charge on any atom is -0.351 e. The molecule has 0 aliphatic heterocycles. The van der Waals surface area contributed by atoms with E-state index in [2.05, 4.69) is 47.9 Å². The molecule has 0 aliphatic carbocycles. The van der Waals surface area contributed by atoms with E-state index in [1.165, 1.54) is 16.5 Å². The zero-order chi connectivity index (χ0) is 10.1. The molecular weight excluding hydrogens is 170 g/mol. The number of aromatic nitrogens is 1. The van der Waals surface area contributed by atoms with Crippen LogP contribution in [0.2, 0.25) is 0 Å². The Bertz CT molecular complexity index is 499. The van der Waals surface area contributed by atoms with E-state index in [4.69, 9.17) is 6.42 Å². The molecule has 1 unspecified atom stereocenters. The Hall–Kier alpha value is -1.68. The number of benzene rings is 1. The summed E-state index contributed by atoms with van der Waals surface area (Å²) in [5.74, 6) is 2.95. The number of terminal acetylenes is 1. The van der Waals surface area contributed by atoms with Crippen molar-refractivity contribution < 1.29 is 0 Å². The lowest BCUT2D eigenvalue weighted by atomic mass is 9.98. The molecule has 0 bridgehead atoms. The van der Waals surface area contributed by atoms with E-state index in [-0.39, 0.29) is 5.92 Å². The second-order valence-electron chi connectivity index (χ2n) is 3.60. The van der Waals surface area contributed by atoms with E-state index >= 15 is 0 Å². The Morgan fingerprint density at radius 1 is 1.36 bits per heavy atom. The molecule has 0 N–H and O–H groups in total. The van der Waals surface area contributed by atoms with Gasteiger partial charge in [-0.3, -0.25) is 0 Å². The van der Waals surface area contributed by atoms with Crippen LogP contribution in [0.1, 0.15) is 18.4 Å². The number of fused-ring (bicyclic) bond motifs is 1. The first-order valence-electron chi connectivity index (χ1n) is 4.74. The van der Waals surface area contributed by atoms with Crippen molar-refractivity contribution in [2.24, 2.45) is 7.05 Å². The molecule has 2 rings (SSSR count). The highest BCUT2D eigenvalue weighted by Gasteiger charge is 2.07. The fourth-order valence-corrected chi connectivity index (χ4v) is 1.79. The Morgan fingerprint density at radius 3 is 2.86 bits per heavy atom. The van der Waals surface area contributed by atoms with Gasteiger partial charge in [-0.1, -0.05) is 18.1 Å². The van der Waals surface area contributed by atoms with Gasteiger partial charge in [-0.2, -0.15) is 0 Å². The predicted octanol–water partition coefficient (Wildman–Crippen LogP) is 2.92. The normalized spacial score (nSPS) is 12.6. The quantitative estimate of drug-likeness (QED) is 0.599. The summed E-state index contributed by atoms with van der Waals surface area (Å²) in [7, 11) is 2.05. The zero-order valence-electron chi connectivity index (χ0n) is 8.49. The maximum Gasteiger partial charge on any atom is 0.0480 e. The minimum atomic E-state index is 0.182. The summed E-state index contributed by atoms with van der Waals surface area (Å²) in [5.41, 5.74) is 2.48. The van der Waals surface area contributed by atoms with Gasteiger partial charge in [0.1, 0.15) is 0 Å². The van der Waals surface area contributed by atoms with Gasteiger partial charge in [-0.05, 0) is 24.6 Å². The van der Waals surface area contributed by atoms with Gasteiger partial charge < -0.3 is 4.57 Å². The van der Waals surface area contributed by atoms with Gasteiger partial charge in [0.2, 0.25) is 0 Å². The van der Waals surface area contributed by atoms with Crippen LogP contribution in [-0.4, -0.2) is 4.57 Å². The van der Waals surface area contributed by atoms with Crippen molar-refractivity contribution in [3.8, 4) is 12.3 Å². The highest BCUT2D eigenvalue weighted by Crippen LogP contribution is 2.25. The van der Waals surface area contributed by atoms with E-state index in [0.717, 1.165) is 0 Å².